The summed E-state index contributed by atoms with van der Waals surface area (Å²) < 4.78 is 5.02. The van der Waals surface area contributed by atoms with Gasteiger partial charge in [0.15, 0.2) is 0 Å². The molecule has 1 aromatic rings. The van der Waals surface area contributed by atoms with Crippen LogP contribution in [0.1, 0.15) is 5.56 Å². The van der Waals surface area contributed by atoms with Gasteiger partial charge in [0.1, 0.15) is 11.5 Å². The van der Waals surface area contributed by atoms with E-state index in [1.165, 1.54) is 6.08 Å². The van der Waals surface area contributed by atoms with Gasteiger partial charge in [-0.05, 0) is 12.1 Å². The van der Waals surface area contributed by atoms with Crippen LogP contribution in [-0.2, 0) is 0 Å². The minimum atomic E-state index is -1.04. The van der Waals surface area contributed by atoms with Crippen molar-refractivity contribution in [3.63, 3.8) is 0 Å². The van der Waals surface area contributed by atoms with E-state index < -0.39 is 6.29 Å². The van der Waals surface area contributed by atoms with Gasteiger partial charge in [-0.1, -0.05) is 12.1 Å². The third kappa shape index (κ3) is 1.04. The second-order valence-electron chi connectivity index (χ2n) is 2.56. The van der Waals surface area contributed by atoms with Crippen LogP contribution >= 0.6 is 0 Å². The van der Waals surface area contributed by atoms with Crippen LogP contribution in [0.25, 0.3) is 5.76 Å². The van der Waals surface area contributed by atoms with Gasteiger partial charge in [-0.2, -0.15) is 0 Å². The minimum absolute atomic E-state index is 0.0596. The maximum Gasteiger partial charge on any atom is 0.221 e. The summed E-state index contributed by atoms with van der Waals surface area (Å²) in [6, 6.07) is 7.00. The Morgan fingerprint density at radius 2 is 2.00 bits per heavy atom. The molecular formula is C9H8O3. The number of aliphatic hydroxyl groups is 2. The average Bonchev–Trinajstić information content (AvgIpc) is 2.04. The van der Waals surface area contributed by atoms with E-state index in [-0.39, 0.29) is 5.76 Å². The molecular weight excluding hydrogens is 156 g/mol. The molecule has 0 radical (unpaired) electrons. The molecule has 0 aliphatic carbocycles. The van der Waals surface area contributed by atoms with Gasteiger partial charge in [-0.3, -0.25) is 0 Å². The lowest BCUT2D eigenvalue weighted by Gasteiger charge is -2.18. The molecule has 1 aliphatic rings. The van der Waals surface area contributed by atoms with Crippen LogP contribution < -0.4 is 4.74 Å². The van der Waals surface area contributed by atoms with E-state index >= 15 is 0 Å². The van der Waals surface area contributed by atoms with Crippen LogP contribution in [0.4, 0.5) is 0 Å². The highest BCUT2D eigenvalue weighted by Gasteiger charge is 2.16. The topological polar surface area (TPSA) is 49.7 Å². The van der Waals surface area contributed by atoms with Crippen molar-refractivity contribution in [2.24, 2.45) is 0 Å². The van der Waals surface area contributed by atoms with Crippen LogP contribution in [0.2, 0.25) is 0 Å². The first-order valence-corrected chi connectivity index (χ1v) is 3.62. The summed E-state index contributed by atoms with van der Waals surface area (Å²) in [5, 5.41) is 18.4. The Kier molecular flexibility index (Phi) is 1.52. The Balaban J connectivity index is 2.53. The number of fused-ring (bicyclic) bond motifs is 1. The monoisotopic (exact) mass is 164 g/mol. The zero-order valence-electron chi connectivity index (χ0n) is 6.27. The summed E-state index contributed by atoms with van der Waals surface area (Å²) in [7, 11) is 0. The van der Waals surface area contributed by atoms with Gasteiger partial charge in [-0.25, -0.2) is 0 Å². The van der Waals surface area contributed by atoms with Crippen molar-refractivity contribution >= 4 is 5.76 Å². The predicted molar refractivity (Wildman–Crippen MR) is 43.7 cm³/mol. The van der Waals surface area contributed by atoms with E-state index in [9.17, 15) is 5.11 Å². The molecule has 1 atom stereocenters. The maximum absolute atomic E-state index is 9.35. The van der Waals surface area contributed by atoms with Crippen molar-refractivity contribution in [3.05, 3.63) is 35.9 Å². The van der Waals surface area contributed by atoms with Crippen LogP contribution in [0, 0.1) is 0 Å². The minimum Gasteiger partial charge on any atom is -0.507 e. The Morgan fingerprint density at radius 3 is 2.83 bits per heavy atom. The molecule has 1 unspecified atom stereocenters. The van der Waals surface area contributed by atoms with Crippen molar-refractivity contribution in [1.29, 1.82) is 0 Å². The molecule has 1 aliphatic heterocycles. The molecule has 0 fully saturated rings. The molecule has 12 heavy (non-hydrogen) atoms. The molecule has 3 heteroatoms. The van der Waals surface area contributed by atoms with Crippen molar-refractivity contribution in [2.75, 3.05) is 0 Å². The standard InChI is InChI=1S/C9H8O3/c10-7-5-9(11)12-8-4-2-1-3-6(7)8/h1-5,9-11H. The number of ether oxygens (including phenoxy) is 1. The van der Waals surface area contributed by atoms with Crippen molar-refractivity contribution < 1.29 is 14.9 Å². The van der Waals surface area contributed by atoms with Crippen molar-refractivity contribution in [2.45, 2.75) is 6.29 Å². The summed E-state index contributed by atoms with van der Waals surface area (Å²) >= 11 is 0. The van der Waals surface area contributed by atoms with Gasteiger partial charge in [0.2, 0.25) is 6.29 Å². The van der Waals surface area contributed by atoms with Crippen LogP contribution in [0.15, 0.2) is 30.3 Å². The summed E-state index contributed by atoms with van der Waals surface area (Å²) in [5.41, 5.74) is 0.614. The smallest absolute Gasteiger partial charge is 0.221 e. The number of aliphatic hydroxyl groups excluding tert-OH is 2. The molecule has 0 spiro atoms. The number of para-hydroxylation sites is 1. The molecule has 0 aromatic heterocycles. The quantitative estimate of drug-likeness (QED) is 0.607. The lowest BCUT2D eigenvalue weighted by atomic mass is 10.1. The maximum atomic E-state index is 9.35. The molecule has 62 valence electrons. The highest BCUT2D eigenvalue weighted by Crippen LogP contribution is 2.28. The lowest BCUT2D eigenvalue weighted by Crippen LogP contribution is -2.17. The highest BCUT2D eigenvalue weighted by molar-refractivity contribution is 5.66. The second-order valence-corrected chi connectivity index (χ2v) is 2.56. The van der Waals surface area contributed by atoms with Crippen LogP contribution in [0.5, 0.6) is 5.75 Å². The van der Waals surface area contributed by atoms with Gasteiger partial charge in [0, 0.05) is 6.08 Å². The van der Waals surface area contributed by atoms with E-state index in [0.717, 1.165) is 0 Å². The Morgan fingerprint density at radius 1 is 1.25 bits per heavy atom. The largest absolute Gasteiger partial charge is 0.507 e. The molecule has 1 aromatic carbocycles. The zero-order chi connectivity index (χ0) is 8.55. The fraction of sp³-hybridized carbons (Fsp3) is 0.111. The third-order valence-electron chi connectivity index (χ3n) is 1.71. The highest BCUT2D eigenvalue weighted by atomic mass is 16.6. The number of hydrogen-bond acceptors (Lipinski definition) is 3. The molecule has 0 amide bonds. The van der Waals surface area contributed by atoms with E-state index in [1.54, 1.807) is 24.3 Å². The van der Waals surface area contributed by atoms with Crippen molar-refractivity contribution in [1.82, 2.24) is 0 Å². The first-order valence-electron chi connectivity index (χ1n) is 3.62. The number of benzene rings is 1. The van der Waals surface area contributed by atoms with Gasteiger partial charge in [0.05, 0.1) is 5.56 Å². The fourth-order valence-electron chi connectivity index (χ4n) is 1.17. The summed E-state index contributed by atoms with van der Waals surface area (Å²) in [4.78, 5) is 0. The number of hydrogen-bond donors (Lipinski definition) is 2. The Bertz CT molecular complexity index is 330. The molecule has 1 heterocycles. The van der Waals surface area contributed by atoms with Gasteiger partial charge >= 0.3 is 0 Å². The average molecular weight is 164 g/mol. The van der Waals surface area contributed by atoms with Gasteiger partial charge in [0.25, 0.3) is 0 Å². The Labute approximate surface area is 69.5 Å². The normalized spacial score (nSPS) is 20.8. The van der Waals surface area contributed by atoms with Crippen LogP contribution in [-0.4, -0.2) is 16.5 Å². The molecule has 2 N–H and O–H groups in total. The van der Waals surface area contributed by atoms with E-state index in [4.69, 9.17) is 9.84 Å². The molecule has 0 saturated heterocycles. The fourth-order valence-corrected chi connectivity index (χ4v) is 1.17. The summed E-state index contributed by atoms with van der Waals surface area (Å²) in [5.74, 6) is 0.564. The SMILES string of the molecule is OC1=CC(O)Oc2ccccc21. The first-order chi connectivity index (χ1) is 5.77. The van der Waals surface area contributed by atoms with Gasteiger partial charge in [-0.15, -0.1) is 0 Å². The van der Waals surface area contributed by atoms with Crippen molar-refractivity contribution in [3.8, 4) is 5.75 Å². The predicted octanol–water partition coefficient (Wildman–Crippen LogP) is 1.30. The summed E-state index contributed by atoms with van der Waals surface area (Å²) in [6.07, 6.45) is 0.211. The lowest BCUT2D eigenvalue weighted by molar-refractivity contribution is 0.0206. The first kappa shape index (κ1) is 7.18. The van der Waals surface area contributed by atoms with E-state index in [0.29, 0.717) is 11.3 Å². The van der Waals surface area contributed by atoms with Gasteiger partial charge < -0.3 is 14.9 Å². The molecule has 0 saturated carbocycles. The zero-order valence-corrected chi connectivity index (χ0v) is 6.27. The van der Waals surface area contributed by atoms with E-state index in [1.807, 2.05) is 0 Å². The summed E-state index contributed by atoms with van der Waals surface area (Å²) in [6.45, 7) is 0. The molecule has 3 nitrogen and oxygen atoms in total. The Hall–Kier alpha value is -1.48. The van der Waals surface area contributed by atoms with E-state index in [2.05, 4.69) is 0 Å². The number of rotatable bonds is 0. The second kappa shape index (κ2) is 2.53. The van der Waals surface area contributed by atoms with Crippen LogP contribution in [0.3, 0.4) is 0 Å². The third-order valence-corrected chi connectivity index (χ3v) is 1.71. The molecule has 0 bridgehead atoms. The molecule has 2 rings (SSSR count).